The normalized spacial score (nSPS) is 14.5. The summed E-state index contributed by atoms with van der Waals surface area (Å²) in [5.74, 6) is 0. The molecule has 0 N–H and O–H groups in total. The van der Waals surface area contributed by atoms with E-state index in [4.69, 9.17) is 8.84 Å². The first-order valence-corrected chi connectivity index (χ1v) is 21.9. The van der Waals surface area contributed by atoms with Gasteiger partial charge in [0, 0.05) is 0 Å². The van der Waals surface area contributed by atoms with Crippen LogP contribution in [0, 0.1) is 0 Å². The first-order chi connectivity index (χ1) is 12.6. The molecule has 0 radical (unpaired) electrons. The third kappa shape index (κ3) is 7.22. The van der Waals surface area contributed by atoms with E-state index in [1.54, 1.807) is 0 Å². The standard InChI is InChI=1S/C11H19O2Si.3C4H9.Sn/c1-11(2,3)14(4,5)13-9-10-6-7-12-8-10;3*1-3-4-2;/h6-9H,1-5H3;3*1,3-4H2,2H3;. The number of furan rings is 1. The molecule has 0 bridgehead atoms. The van der Waals surface area contributed by atoms with E-state index in [1.165, 1.54) is 57.4 Å². The maximum atomic E-state index is 7.28. The summed E-state index contributed by atoms with van der Waals surface area (Å²) in [5, 5.41) is 0.243. The molecule has 0 fully saturated rings. The maximum absolute atomic E-state index is 7.28. The van der Waals surface area contributed by atoms with Crippen molar-refractivity contribution in [1.29, 1.82) is 0 Å². The second-order valence-corrected chi connectivity index (χ2v) is 28.3. The predicted octanol–water partition coefficient (Wildman–Crippen LogP) is 8.73. The summed E-state index contributed by atoms with van der Waals surface area (Å²) in [7, 11) is -1.84. The van der Waals surface area contributed by atoms with Gasteiger partial charge in [-0.3, -0.25) is 0 Å². The van der Waals surface area contributed by atoms with E-state index in [0.29, 0.717) is 4.12 Å². The van der Waals surface area contributed by atoms with Gasteiger partial charge >= 0.3 is 175 Å². The van der Waals surface area contributed by atoms with E-state index in [1.807, 2.05) is 12.5 Å². The molecule has 0 saturated heterocycles. The first-order valence-electron chi connectivity index (χ1n) is 11.3. The van der Waals surface area contributed by atoms with Gasteiger partial charge in [0.25, 0.3) is 0 Å². The molecule has 0 aliphatic heterocycles. The van der Waals surface area contributed by atoms with Gasteiger partial charge in [0.15, 0.2) is 0 Å². The van der Waals surface area contributed by atoms with Crippen LogP contribution in [0.4, 0.5) is 0 Å². The minimum absolute atomic E-state index is 0.243. The van der Waals surface area contributed by atoms with E-state index in [2.05, 4.69) is 60.7 Å². The van der Waals surface area contributed by atoms with E-state index < -0.39 is 26.7 Å². The monoisotopic (exact) mass is 502 g/mol. The van der Waals surface area contributed by atoms with Gasteiger partial charge in [-0.15, -0.1) is 0 Å². The van der Waals surface area contributed by atoms with E-state index >= 15 is 0 Å². The van der Waals surface area contributed by atoms with Crippen molar-refractivity contribution in [3.8, 4) is 0 Å². The molecule has 0 aromatic carbocycles. The molecule has 1 unspecified atom stereocenters. The zero-order valence-corrected chi connectivity index (χ0v) is 23.3. The zero-order valence-electron chi connectivity index (χ0n) is 19.5. The average molecular weight is 501 g/mol. The fourth-order valence-corrected chi connectivity index (χ4v) is 25.7. The summed E-state index contributed by atoms with van der Waals surface area (Å²) in [6.45, 7) is 19.0. The summed E-state index contributed by atoms with van der Waals surface area (Å²) < 4.78 is 17.6. The summed E-state index contributed by atoms with van der Waals surface area (Å²) in [5.41, 5.74) is 1.35. The van der Waals surface area contributed by atoms with Crippen LogP contribution in [-0.4, -0.2) is 26.7 Å². The van der Waals surface area contributed by atoms with Crippen LogP contribution >= 0.6 is 0 Å². The van der Waals surface area contributed by atoms with Crippen LogP contribution in [0.2, 0.25) is 31.4 Å². The molecule has 1 aromatic heterocycles. The van der Waals surface area contributed by atoms with Crippen molar-refractivity contribution in [2.45, 2.75) is 116 Å². The van der Waals surface area contributed by atoms with Crippen molar-refractivity contribution < 1.29 is 8.84 Å². The number of hydrogen-bond acceptors (Lipinski definition) is 2. The van der Waals surface area contributed by atoms with Gasteiger partial charge in [0.2, 0.25) is 0 Å². The molecule has 0 spiro atoms. The third-order valence-corrected chi connectivity index (χ3v) is 27.8. The van der Waals surface area contributed by atoms with E-state index in [0.717, 1.165) is 0 Å². The van der Waals surface area contributed by atoms with Crippen LogP contribution < -0.4 is 0 Å². The van der Waals surface area contributed by atoms with Gasteiger partial charge < -0.3 is 0 Å². The Morgan fingerprint density at radius 1 is 0.963 bits per heavy atom. The zero-order chi connectivity index (χ0) is 20.6. The third-order valence-electron chi connectivity index (χ3n) is 6.71. The molecular formula is C23H46O2SiSn. The molecule has 158 valence electrons. The van der Waals surface area contributed by atoms with Gasteiger partial charge in [-0.25, -0.2) is 0 Å². The Morgan fingerprint density at radius 2 is 1.44 bits per heavy atom. The second-order valence-electron chi connectivity index (χ2n) is 9.99. The van der Waals surface area contributed by atoms with Crippen LogP contribution in [0.3, 0.4) is 0 Å². The van der Waals surface area contributed by atoms with Crippen LogP contribution in [0.25, 0.3) is 0 Å². The molecule has 1 atom stereocenters. The molecule has 0 aliphatic carbocycles. The predicted molar refractivity (Wildman–Crippen MR) is 125 cm³/mol. The molecule has 0 amide bonds. The first kappa shape index (κ1) is 25.3. The molecule has 1 aromatic rings. The van der Waals surface area contributed by atoms with Crippen LogP contribution in [0.5, 0.6) is 0 Å². The Hall–Kier alpha value is 0.256. The van der Waals surface area contributed by atoms with E-state index in [9.17, 15) is 0 Å². The molecule has 1 heterocycles. The Labute approximate surface area is 174 Å². The van der Waals surface area contributed by atoms with Gasteiger partial charge in [-0.1, -0.05) is 0 Å². The summed E-state index contributed by atoms with van der Waals surface area (Å²) in [6, 6.07) is 2.20. The Kier molecular flexibility index (Phi) is 10.7. The van der Waals surface area contributed by atoms with Gasteiger partial charge in [-0.2, -0.15) is 0 Å². The number of unbranched alkanes of at least 4 members (excludes halogenated alkanes) is 3. The molecule has 27 heavy (non-hydrogen) atoms. The summed E-state index contributed by atoms with van der Waals surface area (Å²) in [6.07, 6.45) is 11.9. The van der Waals surface area contributed by atoms with Crippen molar-refractivity contribution in [1.82, 2.24) is 0 Å². The SMILES string of the molecule is CCC[CH2][Sn]([CH2]CCC)([CH2]CCC)[CH](O[Si](C)(C)C(C)(C)C)c1ccoc1. The van der Waals surface area contributed by atoms with Crippen molar-refractivity contribution in [2.75, 3.05) is 0 Å². The Balaban J connectivity index is 3.37. The Morgan fingerprint density at radius 3 is 1.78 bits per heavy atom. The molecule has 1 rings (SSSR count). The fourth-order valence-electron chi connectivity index (χ4n) is 3.80. The summed E-state index contributed by atoms with van der Waals surface area (Å²) >= 11 is -2.58. The van der Waals surface area contributed by atoms with Crippen molar-refractivity contribution in [3.63, 3.8) is 0 Å². The van der Waals surface area contributed by atoms with Crippen LogP contribution in [0.15, 0.2) is 23.0 Å². The van der Waals surface area contributed by atoms with Crippen LogP contribution in [0.1, 0.15) is 89.8 Å². The molecule has 0 aliphatic rings. The van der Waals surface area contributed by atoms with Gasteiger partial charge in [-0.05, 0) is 0 Å². The fraction of sp³-hybridized carbons (Fsp3) is 0.826. The van der Waals surface area contributed by atoms with Crippen molar-refractivity contribution in [3.05, 3.63) is 24.2 Å². The minimum atomic E-state index is -2.58. The molecule has 2 nitrogen and oxygen atoms in total. The summed E-state index contributed by atoms with van der Waals surface area (Å²) in [4.78, 5) is 0. The molecule has 0 saturated carbocycles. The quantitative estimate of drug-likeness (QED) is 0.252. The topological polar surface area (TPSA) is 22.4 Å². The average Bonchev–Trinajstić information content (AvgIpc) is 3.13. The van der Waals surface area contributed by atoms with Crippen molar-refractivity contribution in [2.24, 2.45) is 0 Å². The van der Waals surface area contributed by atoms with Gasteiger partial charge in [0.1, 0.15) is 0 Å². The van der Waals surface area contributed by atoms with Gasteiger partial charge in [0.05, 0.1) is 0 Å². The van der Waals surface area contributed by atoms with Crippen molar-refractivity contribution >= 4 is 26.7 Å². The Bertz CT molecular complexity index is 483. The van der Waals surface area contributed by atoms with Crippen LogP contribution in [-0.2, 0) is 4.43 Å². The number of hydrogen-bond donors (Lipinski definition) is 0. The second kappa shape index (κ2) is 11.4. The van der Waals surface area contributed by atoms with E-state index in [-0.39, 0.29) is 5.04 Å². The number of rotatable bonds is 13. The molecular weight excluding hydrogens is 455 g/mol. The molecule has 4 heteroatoms.